The number of carbonyl (C=O) groups excluding carboxylic acids is 4. The van der Waals surface area contributed by atoms with E-state index in [0.29, 0.717) is 42.1 Å². The average molecular weight is 397 g/mol. The van der Waals surface area contributed by atoms with Crippen LogP contribution in [-0.2, 0) is 4.79 Å². The third-order valence-corrected chi connectivity index (χ3v) is 6.37. The van der Waals surface area contributed by atoms with E-state index in [1.165, 1.54) is 7.05 Å². The Morgan fingerprint density at radius 1 is 0.966 bits per heavy atom. The molecule has 0 spiro atoms. The number of imide groups is 1. The molecule has 4 amide bonds. The lowest BCUT2D eigenvalue weighted by molar-refractivity contribution is -0.130. The summed E-state index contributed by atoms with van der Waals surface area (Å²) in [7, 11) is 1.45. The number of hydrogen-bond donors (Lipinski definition) is 0. The number of fused-ring (bicyclic) bond motifs is 1. The van der Waals surface area contributed by atoms with Crippen LogP contribution in [0.5, 0.6) is 0 Å². The number of hydrogen-bond acceptors (Lipinski definition) is 4. The SMILES string of the molecule is CN1C(=O)c2ccc(C(=O)N3CCCC(CCC(=O)N4CCCC4)C3)cc2C1=O. The highest BCUT2D eigenvalue weighted by atomic mass is 16.2. The maximum Gasteiger partial charge on any atom is 0.261 e. The topological polar surface area (TPSA) is 78.0 Å². The quantitative estimate of drug-likeness (QED) is 0.730. The largest absolute Gasteiger partial charge is 0.343 e. The number of piperidine rings is 1. The van der Waals surface area contributed by atoms with Crippen LogP contribution < -0.4 is 0 Å². The number of benzene rings is 1. The van der Waals surface area contributed by atoms with Crippen LogP contribution in [0.3, 0.4) is 0 Å². The van der Waals surface area contributed by atoms with Crippen molar-refractivity contribution in [2.75, 3.05) is 33.2 Å². The lowest BCUT2D eigenvalue weighted by atomic mass is 9.92. The van der Waals surface area contributed by atoms with Crippen molar-refractivity contribution in [1.82, 2.24) is 14.7 Å². The van der Waals surface area contributed by atoms with E-state index in [-0.39, 0.29) is 23.6 Å². The van der Waals surface area contributed by atoms with Crippen LogP contribution in [0.25, 0.3) is 0 Å². The molecule has 1 unspecified atom stereocenters. The predicted molar refractivity (Wildman–Crippen MR) is 107 cm³/mol. The van der Waals surface area contributed by atoms with Crippen LogP contribution in [0.15, 0.2) is 18.2 Å². The Balaban J connectivity index is 1.38. The zero-order valence-corrected chi connectivity index (χ0v) is 16.9. The van der Waals surface area contributed by atoms with Crippen molar-refractivity contribution in [3.05, 3.63) is 34.9 Å². The lowest BCUT2D eigenvalue weighted by Gasteiger charge is -2.33. The predicted octanol–water partition coefficient (Wildman–Crippen LogP) is 2.17. The molecule has 1 aromatic carbocycles. The van der Waals surface area contributed by atoms with Crippen LogP contribution in [0, 0.1) is 5.92 Å². The number of nitrogens with zero attached hydrogens (tertiary/aromatic N) is 3. The van der Waals surface area contributed by atoms with Crippen molar-refractivity contribution in [3.63, 3.8) is 0 Å². The van der Waals surface area contributed by atoms with E-state index < -0.39 is 0 Å². The molecule has 0 radical (unpaired) electrons. The van der Waals surface area contributed by atoms with Gasteiger partial charge in [-0.25, -0.2) is 0 Å². The molecule has 7 nitrogen and oxygen atoms in total. The van der Waals surface area contributed by atoms with Crippen LogP contribution in [0.1, 0.15) is 69.6 Å². The van der Waals surface area contributed by atoms with E-state index in [1.54, 1.807) is 18.2 Å². The summed E-state index contributed by atoms with van der Waals surface area (Å²) in [5.74, 6) is -0.251. The lowest BCUT2D eigenvalue weighted by Crippen LogP contribution is -2.40. The molecule has 3 aliphatic heterocycles. The second-order valence-electron chi connectivity index (χ2n) is 8.32. The summed E-state index contributed by atoms with van der Waals surface area (Å²) < 4.78 is 0. The fourth-order valence-electron chi connectivity index (χ4n) is 4.61. The number of rotatable bonds is 4. The summed E-state index contributed by atoms with van der Waals surface area (Å²) >= 11 is 0. The summed E-state index contributed by atoms with van der Waals surface area (Å²) in [6.45, 7) is 3.07. The maximum atomic E-state index is 13.0. The fraction of sp³-hybridized carbons (Fsp3) is 0.545. The van der Waals surface area contributed by atoms with Gasteiger partial charge in [-0.3, -0.25) is 24.1 Å². The van der Waals surface area contributed by atoms with Gasteiger partial charge >= 0.3 is 0 Å². The molecular formula is C22H27N3O4. The van der Waals surface area contributed by atoms with Gasteiger partial charge in [0.2, 0.25) is 5.91 Å². The Morgan fingerprint density at radius 2 is 1.66 bits per heavy atom. The third kappa shape index (κ3) is 3.78. The second kappa shape index (κ2) is 7.97. The number of carbonyl (C=O) groups is 4. The van der Waals surface area contributed by atoms with E-state index in [0.717, 1.165) is 50.1 Å². The first-order chi connectivity index (χ1) is 14.0. The Labute approximate surface area is 170 Å². The molecule has 29 heavy (non-hydrogen) atoms. The van der Waals surface area contributed by atoms with Gasteiger partial charge in [-0.1, -0.05) is 0 Å². The molecular weight excluding hydrogens is 370 g/mol. The van der Waals surface area contributed by atoms with E-state index in [2.05, 4.69) is 0 Å². The monoisotopic (exact) mass is 397 g/mol. The highest BCUT2D eigenvalue weighted by molar-refractivity contribution is 6.21. The fourth-order valence-corrected chi connectivity index (χ4v) is 4.61. The molecule has 0 saturated carbocycles. The minimum absolute atomic E-state index is 0.113. The second-order valence-corrected chi connectivity index (χ2v) is 8.32. The first-order valence-corrected chi connectivity index (χ1v) is 10.5. The zero-order chi connectivity index (χ0) is 20.5. The molecule has 2 saturated heterocycles. The Hall–Kier alpha value is -2.70. The summed E-state index contributed by atoms with van der Waals surface area (Å²) in [6, 6.07) is 4.75. The van der Waals surface area contributed by atoms with Gasteiger partial charge in [0.1, 0.15) is 0 Å². The van der Waals surface area contributed by atoms with Gasteiger partial charge in [0, 0.05) is 45.2 Å². The molecule has 1 atom stereocenters. The molecule has 0 aromatic heterocycles. The van der Waals surface area contributed by atoms with Crippen molar-refractivity contribution in [2.45, 2.75) is 38.5 Å². The van der Waals surface area contributed by atoms with Gasteiger partial charge in [0.15, 0.2) is 0 Å². The van der Waals surface area contributed by atoms with Gasteiger partial charge in [0.05, 0.1) is 11.1 Å². The molecule has 3 aliphatic rings. The molecule has 154 valence electrons. The van der Waals surface area contributed by atoms with Crippen LogP contribution in [0.2, 0.25) is 0 Å². The Kier molecular flexibility index (Phi) is 5.39. The van der Waals surface area contributed by atoms with Crippen LogP contribution in [0.4, 0.5) is 0 Å². The molecule has 4 rings (SSSR count). The normalized spacial score (nSPS) is 21.7. The van der Waals surface area contributed by atoms with Crippen LogP contribution >= 0.6 is 0 Å². The Morgan fingerprint density at radius 3 is 2.41 bits per heavy atom. The minimum atomic E-state index is -0.364. The van der Waals surface area contributed by atoms with E-state index in [4.69, 9.17) is 0 Å². The van der Waals surface area contributed by atoms with Crippen molar-refractivity contribution in [2.24, 2.45) is 5.92 Å². The van der Waals surface area contributed by atoms with Gasteiger partial charge in [-0.15, -0.1) is 0 Å². The molecule has 0 N–H and O–H groups in total. The van der Waals surface area contributed by atoms with Crippen molar-refractivity contribution >= 4 is 23.6 Å². The molecule has 2 fully saturated rings. The van der Waals surface area contributed by atoms with E-state index >= 15 is 0 Å². The van der Waals surface area contributed by atoms with Crippen molar-refractivity contribution in [1.29, 1.82) is 0 Å². The highest BCUT2D eigenvalue weighted by Crippen LogP contribution is 2.26. The summed E-state index contributed by atoms with van der Waals surface area (Å²) in [6.07, 6.45) is 5.50. The van der Waals surface area contributed by atoms with Crippen molar-refractivity contribution < 1.29 is 19.2 Å². The van der Waals surface area contributed by atoms with Crippen molar-refractivity contribution in [3.8, 4) is 0 Å². The summed E-state index contributed by atoms with van der Waals surface area (Å²) in [5.41, 5.74) is 1.09. The average Bonchev–Trinajstić information content (AvgIpc) is 3.36. The highest BCUT2D eigenvalue weighted by Gasteiger charge is 2.34. The molecule has 0 aliphatic carbocycles. The maximum absolute atomic E-state index is 13.0. The third-order valence-electron chi connectivity index (χ3n) is 6.37. The molecule has 3 heterocycles. The first-order valence-electron chi connectivity index (χ1n) is 10.5. The first kappa shape index (κ1) is 19.6. The van der Waals surface area contributed by atoms with Gasteiger partial charge < -0.3 is 9.80 Å². The number of likely N-dealkylation sites (tertiary alicyclic amines) is 2. The van der Waals surface area contributed by atoms with E-state index in [1.807, 2.05) is 9.80 Å². The standard InChI is InChI=1S/C22H27N3O4/c1-23-21(28)17-8-7-16(13-18(17)22(23)29)20(27)25-12-4-5-15(14-25)6-9-19(26)24-10-2-3-11-24/h7-8,13,15H,2-6,9-12,14H2,1H3. The zero-order valence-electron chi connectivity index (χ0n) is 16.9. The molecule has 0 bridgehead atoms. The van der Waals surface area contributed by atoms with Gasteiger partial charge in [-0.05, 0) is 56.2 Å². The van der Waals surface area contributed by atoms with Gasteiger partial charge in [-0.2, -0.15) is 0 Å². The van der Waals surface area contributed by atoms with Gasteiger partial charge in [0.25, 0.3) is 17.7 Å². The summed E-state index contributed by atoms with van der Waals surface area (Å²) in [5, 5.41) is 0. The smallest absolute Gasteiger partial charge is 0.261 e. The summed E-state index contributed by atoms with van der Waals surface area (Å²) in [4.78, 5) is 54.4. The Bertz CT molecular complexity index is 860. The number of amides is 4. The van der Waals surface area contributed by atoms with Crippen LogP contribution in [-0.4, -0.2) is 71.6 Å². The minimum Gasteiger partial charge on any atom is -0.343 e. The molecule has 7 heteroatoms. The van der Waals surface area contributed by atoms with E-state index in [9.17, 15) is 19.2 Å². The molecule has 1 aromatic rings.